The molecular weight excluding hydrogens is 210 g/mol. The van der Waals surface area contributed by atoms with E-state index in [9.17, 15) is 0 Å². The normalized spacial score (nSPS) is 14.8. The molecule has 0 saturated carbocycles. The van der Waals surface area contributed by atoms with Crippen LogP contribution in [0.4, 0.5) is 0 Å². The van der Waals surface area contributed by atoms with Crippen molar-refractivity contribution in [3.63, 3.8) is 0 Å². The first-order valence-corrected chi connectivity index (χ1v) is 7.61. The van der Waals surface area contributed by atoms with Gasteiger partial charge >= 0.3 is 0 Å². The number of likely N-dealkylation sites (N-methyl/N-ethyl adjacent to an activating group) is 1. The van der Waals surface area contributed by atoms with Crippen molar-refractivity contribution in [2.75, 3.05) is 13.2 Å². The predicted octanol–water partition coefficient (Wildman–Crippen LogP) is 4.14. The summed E-state index contributed by atoms with van der Waals surface area (Å²) < 4.78 is 5.69. The molecule has 2 nitrogen and oxygen atoms in total. The van der Waals surface area contributed by atoms with Crippen molar-refractivity contribution in [3.05, 3.63) is 0 Å². The summed E-state index contributed by atoms with van der Waals surface area (Å²) in [5.41, 5.74) is 0. The van der Waals surface area contributed by atoms with Gasteiger partial charge in [-0.2, -0.15) is 0 Å². The van der Waals surface area contributed by atoms with Crippen LogP contribution in [0.3, 0.4) is 0 Å². The Kier molecular flexibility index (Phi) is 12.3. The molecule has 0 rings (SSSR count). The second-order valence-corrected chi connectivity index (χ2v) is 4.88. The molecule has 0 heterocycles. The molecule has 0 aliphatic carbocycles. The van der Waals surface area contributed by atoms with Crippen LogP contribution in [0.2, 0.25) is 0 Å². The topological polar surface area (TPSA) is 21.3 Å². The molecule has 0 aliphatic rings. The maximum absolute atomic E-state index is 5.69. The highest BCUT2D eigenvalue weighted by molar-refractivity contribution is 4.73. The van der Waals surface area contributed by atoms with Gasteiger partial charge in [0, 0.05) is 12.6 Å². The zero-order valence-electron chi connectivity index (χ0n) is 12.4. The van der Waals surface area contributed by atoms with Crippen molar-refractivity contribution in [1.82, 2.24) is 5.32 Å². The Morgan fingerprint density at radius 2 is 1.59 bits per heavy atom. The second kappa shape index (κ2) is 12.4. The summed E-state index contributed by atoms with van der Waals surface area (Å²) in [6, 6.07) is 0.533. The van der Waals surface area contributed by atoms with E-state index in [1.807, 2.05) is 0 Å². The quantitative estimate of drug-likeness (QED) is 0.520. The van der Waals surface area contributed by atoms with Crippen molar-refractivity contribution in [3.8, 4) is 0 Å². The number of ether oxygens (including phenoxy) is 1. The number of nitrogens with one attached hydrogen (secondary N) is 1. The molecule has 0 fully saturated rings. The van der Waals surface area contributed by atoms with Gasteiger partial charge in [-0.05, 0) is 26.8 Å². The predicted molar refractivity (Wildman–Crippen MR) is 76.5 cm³/mol. The maximum atomic E-state index is 5.69. The van der Waals surface area contributed by atoms with Crippen LogP contribution >= 0.6 is 0 Å². The fourth-order valence-corrected chi connectivity index (χ4v) is 2.29. The van der Waals surface area contributed by atoms with Gasteiger partial charge in [0.1, 0.15) is 0 Å². The van der Waals surface area contributed by atoms with Crippen LogP contribution in [0.1, 0.15) is 72.6 Å². The lowest BCUT2D eigenvalue weighted by atomic mass is 10.0. The van der Waals surface area contributed by atoms with E-state index in [2.05, 4.69) is 33.0 Å². The molecule has 0 radical (unpaired) electrons. The molecule has 2 heteroatoms. The molecule has 0 bridgehead atoms. The minimum atomic E-state index is 0.343. The van der Waals surface area contributed by atoms with E-state index in [1.165, 1.54) is 44.9 Å². The smallest absolute Gasteiger partial charge is 0.0699 e. The third-order valence-electron chi connectivity index (χ3n) is 3.33. The van der Waals surface area contributed by atoms with Crippen LogP contribution < -0.4 is 5.32 Å². The molecule has 0 saturated heterocycles. The van der Waals surface area contributed by atoms with Crippen LogP contribution in [0.15, 0.2) is 0 Å². The van der Waals surface area contributed by atoms with Gasteiger partial charge in [-0.1, -0.05) is 52.4 Å². The molecular formula is C15H33NO. The van der Waals surface area contributed by atoms with Gasteiger partial charge in [-0.15, -0.1) is 0 Å². The molecule has 104 valence electrons. The first kappa shape index (κ1) is 16.9. The summed E-state index contributed by atoms with van der Waals surface area (Å²) in [5.74, 6) is 0. The van der Waals surface area contributed by atoms with Crippen molar-refractivity contribution in [1.29, 1.82) is 0 Å². The Hall–Kier alpha value is -0.0800. The van der Waals surface area contributed by atoms with E-state index in [0.29, 0.717) is 12.1 Å². The minimum absolute atomic E-state index is 0.343. The Labute approximate surface area is 109 Å². The Morgan fingerprint density at radius 3 is 2.18 bits per heavy atom. The van der Waals surface area contributed by atoms with Gasteiger partial charge in [0.25, 0.3) is 0 Å². The standard InChI is InChI=1S/C15H33NO/c1-5-8-9-10-11-12-13-15(16-6-2)14(4)17-7-3/h14-16H,5-13H2,1-4H3. The van der Waals surface area contributed by atoms with Crippen LogP contribution in [0.5, 0.6) is 0 Å². The second-order valence-electron chi connectivity index (χ2n) is 4.88. The molecule has 17 heavy (non-hydrogen) atoms. The van der Waals surface area contributed by atoms with Gasteiger partial charge in [-0.3, -0.25) is 0 Å². The fraction of sp³-hybridized carbons (Fsp3) is 1.00. The molecule has 0 aromatic carbocycles. The van der Waals surface area contributed by atoms with E-state index in [0.717, 1.165) is 13.2 Å². The van der Waals surface area contributed by atoms with E-state index in [4.69, 9.17) is 4.74 Å². The van der Waals surface area contributed by atoms with Crippen LogP contribution in [-0.2, 0) is 4.74 Å². The number of rotatable bonds is 12. The summed E-state index contributed by atoms with van der Waals surface area (Å²) >= 11 is 0. The Morgan fingerprint density at radius 1 is 0.941 bits per heavy atom. The van der Waals surface area contributed by atoms with Gasteiger partial charge in [0.15, 0.2) is 0 Å². The number of hydrogen-bond donors (Lipinski definition) is 1. The maximum Gasteiger partial charge on any atom is 0.0699 e. The fourth-order valence-electron chi connectivity index (χ4n) is 2.29. The summed E-state index contributed by atoms with van der Waals surface area (Å²) in [7, 11) is 0. The van der Waals surface area contributed by atoms with Gasteiger partial charge in [-0.25, -0.2) is 0 Å². The average molecular weight is 243 g/mol. The highest BCUT2D eigenvalue weighted by Crippen LogP contribution is 2.12. The lowest BCUT2D eigenvalue weighted by molar-refractivity contribution is 0.0449. The molecule has 2 atom stereocenters. The molecule has 0 aromatic heterocycles. The summed E-state index contributed by atoms with van der Waals surface area (Å²) in [6.07, 6.45) is 9.84. The summed E-state index contributed by atoms with van der Waals surface area (Å²) in [4.78, 5) is 0. The lowest BCUT2D eigenvalue weighted by Crippen LogP contribution is -2.39. The van der Waals surface area contributed by atoms with Gasteiger partial charge in [0.2, 0.25) is 0 Å². The largest absolute Gasteiger partial charge is 0.377 e. The van der Waals surface area contributed by atoms with E-state index in [1.54, 1.807) is 0 Å². The third kappa shape index (κ3) is 9.61. The average Bonchev–Trinajstić information content (AvgIpc) is 2.32. The van der Waals surface area contributed by atoms with Crippen molar-refractivity contribution < 1.29 is 4.74 Å². The molecule has 0 aromatic rings. The molecule has 0 spiro atoms. The number of hydrogen-bond acceptors (Lipinski definition) is 2. The zero-order valence-corrected chi connectivity index (χ0v) is 12.4. The molecule has 1 N–H and O–H groups in total. The van der Waals surface area contributed by atoms with Crippen LogP contribution in [0.25, 0.3) is 0 Å². The van der Waals surface area contributed by atoms with Gasteiger partial charge in [0.05, 0.1) is 6.10 Å². The minimum Gasteiger partial charge on any atom is -0.377 e. The summed E-state index contributed by atoms with van der Waals surface area (Å²) in [5, 5.41) is 3.54. The molecule has 0 amide bonds. The third-order valence-corrected chi connectivity index (χ3v) is 3.33. The van der Waals surface area contributed by atoms with Crippen LogP contribution in [-0.4, -0.2) is 25.3 Å². The lowest BCUT2D eigenvalue weighted by Gasteiger charge is -2.24. The van der Waals surface area contributed by atoms with Crippen molar-refractivity contribution in [2.45, 2.75) is 84.8 Å². The first-order valence-electron chi connectivity index (χ1n) is 7.61. The Bertz CT molecular complexity index is 150. The first-order chi connectivity index (χ1) is 8.26. The highest BCUT2D eigenvalue weighted by Gasteiger charge is 2.15. The Balaban J connectivity index is 3.61. The molecule has 2 unspecified atom stereocenters. The van der Waals surface area contributed by atoms with Gasteiger partial charge < -0.3 is 10.1 Å². The van der Waals surface area contributed by atoms with Crippen molar-refractivity contribution in [2.24, 2.45) is 0 Å². The van der Waals surface area contributed by atoms with E-state index in [-0.39, 0.29) is 0 Å². The SMILES string of the molecule is CCCCCCCCC(NCC)C(C)OCC. The number of unbranched alkanes of at least 4 members (excludes halogenated alkanes) is 5. The monoisotopic (exact) mass is 243 g/mol. The van der Waals surface area contributed by atoms with E-state index < -0.39 is 0 Å². The molecule has 0 aliphatic heterocycles. The van der Waals surface area contributed by atoms with Crippen LogP contribution in [0, 0.1) is 0 Å². The highest BCUT2D eigenvalue weighted by atomic mass is 16.5. The van der Waals surface area contributed by atoms with E-state index >= 15 is 0 Å². The van der Waals surface area contributed by atoms with Crippen molar-refractivity contribution >= 4 is 0 Å². The zero-order chi connectivity index (χ0) is 12.9. The summed E-state index contributed by atoms with van der Waals surface area (Å²) in [6.45, 7) is 10.6.